The fraction of sp³-hybridized carbons (Fsp3) is 0.0732. The van der Waals surface area contributed by atoms with Gasteiger partial charge in [-0.25, -0.2) is 9.37 Å². The SMILES string of the molecule is Cc1cccc(-c2[nH]c(Cc3cc4ccccc4cc3C(=O)N(Cc3ccc(F)cc3)c3ccncc3)nc2-c2ccc3nccnc3c2)n1. The van der Waals surface area contributed by atoms with Crippen LogP contribution in [0.5, 0.6) is 0 Å². The lowest BCUT2D eigenvalue weighted by molar-refractivity contribution is 0.0984. The van der Waals surface area contributed by atoms with Gasteiger partial charge in [0, 0.05) is 53.7 Å². The summed E-state index contributed by atoms with van der Waals surface area (Å²) < 4.78 is 13.8. The van der Waals surface area contributed by atoms with E-state index in [0.717, 1.165) is 61.3 Å². The Hall–Kier alpha value is -6.61. The zero-order valence-corrected chi connectivity index (χ0v) is 27.1. The first-order chi connectivity index (χ1) is 24.5. The summed E-state index contributed by atoms with van der Waals surface area (Å²) in [5.74, 6) is 0.152. The van der Waals surface area contributed by atoms with E-state index < -0.39 is 0 Å². The van der Waals surface area contributed by atoms with Crippen molar-refractivity contribution in [3.63, 3.8) is 0 Å². The summed E-state index contributed by atoms with van der Waals surface area (Å²) in [5, 5.41) is 1.95. The Labute approximate surface area is 287 Å². The summed E-state index contributed by atoms with van der Waals surface area (Å²) in [6.45, 7) is 2.20. The summed E-state index contributed by atoms with van der Waals surface area (Å²) in [4.78, 5) is 43.0. The van der Waals surface area contributed by atoms with E-state index in [4.69, 9.17) is 9.97 Å². The van der Waals surface area contributed by atoms with Crippen LogP contribution in [-0.4, -0.2) is 35.8 Å². The number of fused-ring (bicyclic) bond motifs is 2. The van der Waals surface area contributed by atoms with Crippen LogP contribution in [0.2, 0.25) is 0 Å². The Morgan fingerprint density at radius 2 is 1.52 bits per heavy atom. The van der Waals surface area contributed by atoms with Crippen LogP contribution >= 0.6 is 0 Å². The van der Waals surface area contributed by atoms with Gasteiger partial charge in [0.1, 0.15) is 11.6 Å². The lowest BCUT2D eigenvalue weighted by Crippen LogP contribution is -2.31. The number of hydrogen-bond donors (Lipinski definition) is 1. The van der Waals surface area contributed by atoms with Crippen molar-refractivity contribution in [1.29, 1.82) is 0 Å². The fourth-order valence-corrected chi connectivity index (χ4v) is 6.23. The molecule has 0 atom stereocenters. The molecule has 0 spiro atoms. The molecule has 0 bridgehead atoms. The van der Waals surface area contributed by atoms with Gasteiger partial charge in [0.25, 0.3) is 5.91 Å². The summed E-state index contributed by atoms with van der Waals surface area (Å²) in [7, 11) is 0. The van der Waals surface area contributed by atoms with Crippen molar-refractivity contribution in [1.82, 2.24) is 29.9 Å². The standard InChI is InChI=1S/C41H30FN7O/c1-26-5-4-8-36(46-26)40-39(30-11-14-35-37(23-30)45-20-19-44-35)47-38(48-40)24-31-21-28-6-2-3-7-29(28)22-34(31)41(50)49(33-15-17-43-18-16-33)25-27-9-12-32(42)13-10-27/h2-23H,24-25H2,1H3,(H,47,48). The van der Waals surface area contributed by atoms with E-state index in [1.165, 1.54) is 12.1 Å². The number of nitrogens with one attached hydrogen (secondary N) is 1. The molecule has 1 amide bonds. The zero-order chi connectivity index (χ0) is 34.0. The molecule has 0 aliphatic heterocycles. The normalized spacial score (nSPS) is 11.2. The average molecular weight is 656 g/mol. The highest BCUT2D eigenvalue weighted by Crippen LogP contribution is 2.33. The minimum Gasteiger partial charge on any atom is -0.340 e. The molecule has 0 unspecified atom stereocenters. The maximum Gasteiger partial charge on any atom is 0.258 e. The Balaban J connectivity index is 1.25. The topological polar surface area (TPSA) is 101 Å². The van der Waals surface area contributed by atoms with Gasteiger partial charge in [-0.1, -0.05) is 48.5 Å². The minimum absolute atomic E-state index is 0.193. The summed E-state index contributed by atoms with van der Waals surface area (Å²) in [5.41, 5.74) is 8.40. The molecule has 8 rings (SSSR count). The Morgan fingerprint density at radius 1 is 0.760 bits per heavy atom. The number of pyridine rings is 2. The number of carbonyl (C=O) groups excluding carboxylic acids is 1. The number of aromatic amines is 1. The molecule has 4 aromatic heterocycles. The van der Waals surface area contributed by atoms with Crippen LogP contribution in [0.1, 0.15) is 33.0 Å². The number of rotatable bonds is 8. The number of benzene rings is 4. The van der Waals surface area contributed by atoms with Gasteiger partial charge in [0.2, 0.25) is 0 Å². The third kappa shape index (κ3) is 6.20. The predicted octanol–water partition coefficient (Wildman–Crippen LogP) is 8.52. The number of amides is 1. The number of imidazole rings is 1. The van der Waals surface area contributed by atoms with Crippen LogP contribution in [0.25, 0.3) is 44.5 Å². The Kier molecular flexibility index (Phi) is 8.06. The van der Waals surface area contributed by atoms with Gasteiger partial charge in [-0.15, -0.1) is 0 Å². The molecule has 0 fully saturated rings. The molecule has 8 aromatic rings. The van der Waals surface area contributed by atoms with Crippen molar-refractivity contribution in [3.05, 3.63) is 168 Å². The molecule has 8 nitrogen and oxygen atoms in total. The first-order valence-electron chi connectivity index (χ1n) is 16.2. The van der Waals surface area contributed by atoms with Gasteiger partial charge in [-0.3, -0.25) is 24.7 Å². The van der Waals surface area contributed by atoms with E-state index in [1.807, 2.05) is 73.7 Å². The third-order valence-electron chi connectivity index (χ3n) is 8.67. The summed E-state index contributed by atoms with van der Waals surface area (Å²) in [6, 6.07) is 33.6. The van der Waals surface area contributed by atoms with Crippen LogP contribution in [0.15, 0.2) is 134 Å². The predicted molar refractivity (Wildman–Crippen MR) is 193 cm³/mol. The Morgan fingerprint density at radius 3 is 2.30 bits per heavy atom. The van der Waals surface area contributed by atoms with Gasteiger partial charge >= 0.3 is 0 Å². The summed E-state index contributed by atoms with van der Waals surface area (Å²) >= 11 is 0. The minimum atomic E-state index is -0.331. The third-order valence-corrected chi connectivity index (χ3v) is 8.67. The summed E-state index contributed by atoms with van der Waals surface area (Å²) in [6.07, 6.45) is 7.01. The number of carbonyl (C=O) groups is 1. The second-order valence-electron chi connectivity index (χ2n) is 12.1. The van der Waals surface area contributed by atoms with Gasteiger partial charge in [-0.05, 0) is 89.5 Å². The van der Waals surface area contributed by atoms with Gasteiger partial charge in [0.05, 0.1) is 34.7 Å². The first-order valence-corrected chi connectivity index (χ1v) is 16.2. The number of halogens is 1. The molecule has 0 saturated carbocycles. The van der Waals surface area contributed by atoms with Crippen LogP contribution in [-0.2, 0) is 13.0 Å². The maximum atomic E-state index is 14.7. The number of anilines is 1. The lowest BCUT2D eigenvalue weighted by Gasteiger charge is -2.24. The van der Waals surface area contributed by atoms with E-state index in [9.17, 15) is 9.18 Å². The molecule has 1 N–H and O–H groups in total. The van der Waals surface area contributed by atoms with Crippen molar-refractivity contribution >= 4 is 33.4 Å². The molecule has 50 heavy (non-hydrogen) atoms. The van der Waals surface area contributed by atoms with Gasteiger partial charge in [0.15, 0.2) is 0 Å². The smallest absolute Gasteiger partial charge is 0.258 e. The highest BCUT2D eigenvalue weighted by atomic mass is 19.1. The van der Waals surface area contributed by atoms with Gasteiger partial charge in [-0.2, -0.15) is 0 Å². The van der Waals surface area contributed by atoms with Crippen LogP contribution in [0.4, 0.5) is 10.1 Å². The molecular formula is C41H30FN7O. The molecule has 9 heteroatoms. The molecule has 242 valence electrons. The molecule has 4 aromatic carbocycles. The lowest BCUT2D eigenvalue weighted by atomic mass is 9.97. The van der Waals surface area contributed by atoms with Crippen molar-refractivity contribution in [3.8, 4) is 22.6 Å². The molecule has 0 saturated heterocycles. The fourth-order valence-electron chi connectivity index (χ4n) is 6.23. The quantitative estimate of drug-likeness (QED) is 0.176. The number of aromatic nitrogens is 6. The van der Waals surface area contributed by atoms with Crippen molar-refractivity contribution in [2.45, 2.75) is 19.9 Å². The second kappa shape index (κ2) is 13.1. The maximum absolute atomic E-state index is 14.7. The average Bonchev–Trinajstić information content (AvgIpc) is 3.58. The van der Waals surface area contributed by atoms with Crippen LogP contribution in [0, 0.1) is 12.7 Å². The second-order valence-corrected chi connectivity index (χ2v) is 12.1. The number of nitrogens with zero attached hydrogens (tertiary/aromatic N) is 6. The number of hydrogen-bond acceptors (Lipinski definition) is 6. The largest absolute Gasteiger partial charge is 0.340 e. The molecule has 0 aliphatic carbocycles. The van der Waals surface area contributed by atoms with Crippen LogP contribution in [0.3, 0.4) is 0 Å². The highest BCUT2D eigenvalue weighted by Gasteiger charge is 2.24. The van der Waals surface area contributed by atoms with E-state index in [0.29, 0.717) is 23.5 Å². The molecule has 4 heterocycles. The van der Waals surface area contributed by atoms with E-state index in [-0.39, 0.29) is 18.3 Å². The zero-order valence-electron chi connectivity index (χ0n) is 27.1. The molecule has 0 aliphatic rings. The Bertz CT molecular complexity index is 2500. The van der Waals surface area contributed by atoms with Crippen LogP contribution < -0.4 is 4.90 Å². The monoisotopic (exact) mass is 655 g/mol. The van der Waals surface area contributed by atoms with Crippen molar-refractivity contribution in [2.75, 3.05) is 4.90 Å². The molecular weight excluding hydrogens is 625 g/mol. The van der Waals surface area contributed by atoms with Crippen molar-refractivity contribution in [2.24, 2.45) is 0 Å². The van der Waals surface area contributed by atoms with Crippen molar-refractivity contribution < 1.29 is 9.18 Å². The highest BCUT2D eigenvalue weighted by molar-refractivity contribution is 6.09. The van der Waals surface area contributed by atoms with Gasteiger partial charge < -0.3 is 9.88 Å². The number of aryl methyl sites for hydroxylation is 1. The first kappa shape index (κ1) is 30.7. The van der Waals surface area contributed by atoms with E-state index >= 15 is 0 Å². The van der Waals surface area contributed by atoms with E-state index in [1.54, 1.807) is 54.0 Å². The number of H-pyrrole nitrogens is 1. The van der Waals surface area contributed by atoms with E-state index in [2.05, 4.69) is 26.0 Å². The molecule has 0 radical (unpaired) electrons.